The van der Waals surface area contributed by atoms with Crippen LogP contribution in [-0.2, 0) is 4.74 Å². The number of likely N-dealkylation sites (tertiary alicyclic amines) is 1. The largest absolute Gasteiger partial charge is 0.383 e. The zero-order valence-electron chi connectivity index (χ0n) is 10.4. The standard InChI is InChI=1S/C12H23N3O/c1-11(8-13)15-6-3-4-12(10-15)9-14-5-7-16-2/h11-12,14H,3-7,9-10H2,1-2H3. The first kappa shape index (κ1) is 13.4. The second kappa shape index (κ2) is 7.61. The van der Waals surface area contributed by atoms with Crippen LogP contribution >= 0.6 is 0 Å². The van der Waals surface area contributed by atoms with E-state index < -0.39 is 0 Å². The summed E-state index contributed by atoms with van der Waals surface area (Å²) in [6, 6.07) is 2.37. The third kappa shape index (κ3) is 4.48. The molecule has 1 fully saturated rings. The number of nitrogens with one attached hydrogen (secondary N) is 1. The van der Waals surface area contributed by atoms with E-state index in [2.05, 4.69) is 16.3 Å². The lowest BCUT2D eigenvalue weighted by Crippen LogP contribution is -2.43. The topological polar surface area (TPSA) is 48.3 Å². The van der Waals surface area contributed by atoms with Gasteiger partial charge in [-0.25, -0.2) is 0 Å². The van der Waals surface area contributed by atoms with E-state index in [1.807, 2.05) is 6.92 Å². The number of ether oxygens (including phenoxy) is 1. The maximum Gasteiger partial charge on any atom is 0.0949 e. The summed E-state index contributed by atoms with van der Waals surface area (Å²) in [6.45, 7) is 6.84. The molecule has 0 radical (unpaired) electrons. The van der Waals surface area contributed by atoms with Crippen molar-refractivity contribution in [2.24, 2.45) is 5.92 Å². The summed E-state index contributed by atoms with van der Waals surface area (Å²) in [5.74, 6) is 0.682. The third-order valence-corrected chi connectivity index (χ3v) is 3.20. The van der Waals surface area contributed by atoms with Crippen LogP contribution in [0, 0.1) is 17.2 Å². The molecule has 0 aromatic heterocycles. The molecule has 92 valence electrons. The van der Waals surface area contributed by atoms with Crippen molar-refractivity contribution in [2.45, 2.75) is 25.8 Å². The predicted molar refractivity (Wildman–Crippen MR) is 64.1 cm³/mol. The van der Waals surface area contributed by atoms with E-state index in [9.17, 15) is 0 Å². The van der Waals surface area contributed by atoms with Crippen molar-refractivity contribution in [3.63, 3.8) is 0 Å². The van der Waals surface area contributed by atoms with Crippen molar-refractivity contribution in [2.75, 3.05) is 39.9 Å². The van der Waals surface area contributed by atoms with Gasteiger partial charge in [-0.15, -0.1) is 0 Å². The third-order valence-electron chi connectivity index (χ3n) is 3.20. The van der Waals surface area contributed by atoms with Crippen LogP contribution in [0.5, 0.6) is 0 Å². The van der Waals surface area contributed by atoms with E-state index in [1.165, 1.54) is 12.8 Å². The maximum absolute atomic E-state index is 8.90. The van der Waals surface area contributed by atoms with Crippen LogP contribution < -0.4 is 5.32 Å². The summed E-state index contributed by atoms with van der Waals surface area (Å²) < 4.78 is 4.99. The molecule has 0 bridgehead atoms. The van der Waals surface area contributed by atoms with E-state index in [4.69, 9.17) is 10.00 Å². The Morgan fingerprint density at radius 2 is 2.44 bits per heavy atom. The van der Waals surface area contributed by atoms with Gasteiger partial charge in [-0.2, -0.15) is 5.26 Å². The van der Waals surface area contributed by atoms with Crippen molar-refractivity contribution >= 4 is 0 Å². The Balaban J connectivity index is 2.20. The van der Waals surface area contributed by atoms with Crippen molar-refractivity contribution in [3.8, 4) is 6.07 Å². The highest BCUT2D eigenvalue weighted by Gasteiger charge is 2.22. The SMILES string of the molecule is COCCNCC1CCCN(C(C)C#N)C1. The summed E-state index contributed by atoms with van der Waals surface area (Å²) in [5.41, 5.74) is 0. The Morgan fingerprint density at radius 1 is 1.62 bits per heavy atom. The molecule has 2 unspecified atom stereocenters. The Morgan fingerprint density at radius 3 is 3.12 bits per heavy atom. The second-order valence-electron chi connectivity index (χ2n) is 4.51. The number of hydrogen-bond acceptors (Lipinski definition) is 4. The average molecular weight is 225 g/mol. The molecule has 1 aliphatic rings. The van der Waals surface area contributed by atoms with E-state index in [0.717, 1.165) is 32.8 Å². The molecular weight excluding hydrogens is 202 g/mol. The number of nitrogens with zero attached hydrogens (tertiary/aromatic N) is 2. The highest BCUT2D eigenvalue weighted by atomic mass is 16.5. The Kier molecular flexibility index (Phi) is 6.39. The molecule has 16 heavy (non-hydrogen) atoms. The van der Waals surface area contributed by atoms with E-state index >= 15 is 0 Å². The number of hydrogen-bond donors (Lipinski definition) is 1. The lowest BCUT2D eigenvalue weighted by Gasteiger charge is -2.34. The van der Waals surface area contributed by atoms with Gasteiger partial charge in [0.1, 0.15) is 0 Å². The molecule has 2 atom stereocenters. The van der Waals surface area contributed by atoms with E-state index in [0.29, 0.717) is 5.92 Å². The van der Waals surface area contributed by atoms with Gasteiger partial charge in [-0.05, 0) is 38.8 Å². The summed E-state index contributed by atoms with van der Waals surface area (Å²) >= 11 is 0. The van der Waals surface area contributed by atoms with Crippen molar-refractivity contribution in [3.05, 3.63) is 0 Å². The van der Waals surface area contributed by atoms with Gasteiger partial charge in [0, 0.05) is 20.2 Å². The first-order valence-corrected chi connectivity index (χ1v) is 6.11. The van der Waals surface area contributed by atoms with Crippen LogP contribution in [0.4, 0.5) is 0 Å². The van der Waals surface area contributed by atoms with Gasteiger partial charge in [0.2, 0.25) is 0 Å². The van der Waals surface area contributed by atoms with Crippen LogP contribution in [0.25, 0.3) is 0 Å². The van der Waals surface area contributed by atoms with Gasteiger partial charge in [-0.3, -0.25) is 4.90 Å². The Bertz CT molecular complexity index is 227. The lowest BCUT2D eigenvalue weighted by atomic mass is 9.97. The van der Waals surface area contributed by atoms with Crippen molar-refractivity contribution < 1.29 is 4.74 Å². The van der Waals surface area contributed by atoms with Gasteiger partial charge in [0.15, 0.2) is 0 Å². The molecule has 4 heteroatoms. The first-order chi connectivity index (χ1) is 7.77. The van der Waals surface area contributed by atoms with Crippen molar-refractivity contribution in [1.29, 1.82) is 5.26 Å². The van der Waals surface area contributed by atoms with Crippen LogP contribution in [0.15, 0.2) is 0 Å². The smallest absolute Gasteiger partial charge is 0.0949 e. The molecule has 0 aromatic carbocycles. The van der Waals surface area contributed by atoms with E-state index in [-0.39, 0.29) is 6.04 Å². The number of rotatable bonds is 6. The van der Waals surface area contributed by atoms with Gasteiger partial charge < -0.3 is 10.1 Å². The monoisotopic (exact) mass is 225 g/mol. The average Bonchev–Trinajstić information content (AvgIpc) is 2.34. The number of nitriles is 1. The molecule has 1 saturated heterocycles. The second-order valence-corrected chi connectivity index (χ2v) is 4.51. The summed E-state index contributed by atoms with van der Waals surface area (Å²) in [6.07, 6.45) is 2.48. The van der Waals surface area contributed by atoms with Crippen LogP contribution in [0.1, 0.15) is 19.8 Å². The fourth-order valence-electron chi connectivity index (χ4n) is 2.18. The van der Waals surface area contributed by atoms with E-state index in [1.54, 1.807) is 7.11 Å². The quantitative estimate of drug-likeness (QED) is 0.681. The molecule has 4 nitrogen and oxygen atoms in total. The Labute approximate surface area is 98.6 Å². The molecular formula is C12H23N3O. The van der Waals surface area contributed by atoms with Crippen molar-refractivity contribution in [1.82, 2.24) is 10.2 Å². The molecule has 1 rings (SSSR count). The molecule has 0 aromatic rings. The normalized spacial score (nSPS) is 23.9. The Hall–Kier alpha value is -0.630. The van der Waals surface area contributed by atoms with Gasteiger partial charge >= 0.3 is 0 Å². The molecule has 1 aliphatic heterocycles. The van der Waals surface area contributed by atoms with Crippen LogP contribution in [-0.4, -0.2) is 50.8 Å². The highest BCUT2D eigenvalue weighted by molar-refractivity contribution is 4.90. The number of methoxy groups -OCH3 is 1. The maximum atomic E-state index is 8.90. The molecule has 1 heterocycles. The minimum Gasteiger partial charge on any atom is -0.383 e. The molecule has 0 spiro atoms. The lowest BCUT2D eigenvalue weighted by molar-refractivity contribution is 0.149. The summed E-state index contributed by atoms with van der Waals surface area (Å²) in [5, 5.41) is 12.3. The summed E-state index contributed by atoms with van der Waals surface area (Å²) in [7, 11) is 1.72. The van der Waals surface area contributed by atoms with Gasteiger partial charge in [-0.1, -0.05) is 0 Å². The van der Waals surface area contributed by atoms with Crippen LogP contribution in [0.2, 0.25) is 0 Å². The molecule has 0 amide bonds. The fraction of sp³-hybridized carbons (Fsp3) is 0.917. The fourth-order valence-corrected chi connectivity index (χ4v) is 2.18. The zero-order chi connectivity index (χ0) is 11.8. The molecule has 0 saturated carbocycles. The molecule has 1 N–H and O–H groups in total. The van der Waals surface area contributed by atoms with Crippen LogP contribution in [0.3, 0.4) is 0 Å². The van der Waals surface area contributed by atoms with Gasteiger partial charge in [0.05, 0.1) is 18.7 Å². The molecule has 0 aliphatic carbocycles. The minimum absolute atomic E-state index is 0.0572. The highest BCUT2D eigenvalue weighted by Crippen LogP contribution is 2.17. The number of piperidine rings is 1. The predicted octanol–water partition coefficient (Wildman–Crippen LogP) is 0.846. The zero-order valence-corrected chi connectivity index (χ0v) is 10.4. The summed E-state index contributed by atoms with van der Waals surface area (Å²) in [4.78, 5) is 2.28. The first-order valence-electron chi connectivity index (χ1n) is 6.11. The minimum atomic E-state index is 0.0572. The van der Waals surface area contributed by atoms with Gasteiger partial charge in [0.25, 0.3) is 0 Å².